The Balaban J connectivity index is 1.38. The second kappa shape index (κ2) is 13.5. The maximum atomic E-state index is 13.1. The van der Waals surface area contributed by atoms with Crippen molar-refractivity contribution in [1.82, 2.24) is 5.32 Å². The number of anilines is 1. The number of benzene rings is 3. The number of nitro groups is 1. The number of nitrogens with one attached hydrogen (secondary N) is 1. The molecule has 0 fully saturated rings. The first-order valence-electron chi connectivity index (χ1n) is 12.8. The van der Waals surface area contributed by atoms with Gasteiger partial charge in [-0.15, -0.1) is 0 Å². The number of fused-ring (bicyclic) bond motifs is 1. The number of hydrogen-bond acceptors (Lipinski definition) is 8. The predicted octanol–water partition coefficient (Wildman–Crippen LogP) is 5.48. The van der Waals surface area contributed by atoms with Crippen LogP contribution in [0.2, 0.25) is 10.0 Å². The van der Waals surface area contributed by atoms with Gasteiger partial charge in [0.1, 0.15) is 24.2 Å². The second-order valence-corrected chi connectivity index (χ2v) is 10.1. The Morgan fingerprint density at radius 2 is 1.76 bits per heavy atom. The van der Waals surface area contributed by atoms with Crippen molar-refractivity contribution < 1.29 is 28.8 Å². The fourth-order valence-corrected chi connectivity index (χ4v) is 5.16. The number of carbonyl (C=O) groups excluding carboxylic acids is 3. The molecule has 1 N–H and O–H groups in total. The number of methoxy groups -OCH3 is 1. The van der Waals surface area contributed by atoms with Gasteiger partial charge in [0.15, 0.2) is 0 Å². The third-order valence-corrected chi connectivity index (χ3v) is 7.25. The van der Waals surface area contributed by atoms with E-state index < -0.39 is 22.8 Å². The van der Waals surface area contributed by atoms with Crippen molar-refractivity contribution in [2.24, 2.45) is 0 Å². The van der Waals surface area contributed by atoms with Crippen LogP contribution in [0.1, 0.15) is 29.6 Å². The summed E-state index contributed by atoms with van der Waals surface area (Å²) in [5, 5.41) is 14.0. The van der Waals surface area contributed by atoms with Crippen LogP contribution < -0.4 is 15.0 Å². The summed E-state index contributed by atoms with van der Waals surface area (Å²) in [6.45, 7) is 1.16. The topological polar surface area (TPSA) is 128 Å². The minimum Gasteiger partial charge on any atom is -0.490 e. The zero-order valence-electron chi connectivity index (χ0n) is 22.1. The van der Waals surface area contributed by atoms with E-state index in [2.05, 4.69) is 5.32 Å². The van der Waals surface area contributed by atoms with Crippen LogP contribution >= 0.6 is 23.2 Å². The lowest BCUT2D eigenvalue weighted by Crippen LogP contribution is -2.42. The SMILES string of the molecule is COC(=O)[C@H](CCC(=O)CCN1CCOc2ccc([N+](=O)[O-])cc21)NC(=O)c1c(Cl)cc(-c2ccccc2)cc1Cl. The van der Waals surface area contributed by atoms with Crippen LogP contribution in [0, 0.1) is 10.1 Å². The van der Waals surface area contributed by atoms with Gasteiger partial charge in [-0.2, -0.15) is 0 Å². The van der Waals surface area contributed by atoms with E-state index >= 15 is 0 Å². The maximum absolute atomic E-state index is 13.1. The van der Waals surface area contributed by atoms with Crippen molar-refractivity contribution >= 4 is 52.2 Å². The third kappa shape index (κ3) is 7.33. The quantitative estimate of drug-likeness (QED) is 0.174. The molecule has 41 heavy (non-hydrogen) atoms. The van der Waals surface area contributed by atoms with E-state index in [1.165, 1.54) is 19.2 Å². The molecule has 0 saturated carbocycles. The monoisotopic (exact) mass is 599 g/mol. The Bertz CT molecular complexity index is 1440. The largest absolute Gasteiger partial charge is 0.490 e. The molecule has 214 valence electrons. The van der Waals surface area contributed by atoms with Gasteiger partial charge in [0, 0.05) is 31.5 Å². The van der Waals surface area contributed by atoms with Crippen LogP contribution in [0.3, 0.4) is 0 Å². The first-order chi connectivity index (χ1) is 19.7. The number of nitrogens with zero attached hydrogens (tertiary/aromatic N) is 2. The number of hydrogen-bond donors (Lipinski definition) is 1. The van der Waals surface area contributed by atoms with Crippen molar-refractivity contribution in [3.63, 3.8) is 0 Å². The summed E-state index contributed by atoms with van der Waals surface area (Å²) in [6, 6.07) is 15.8. The van der Waals surface area contributed by atoms with E-state index in [-0.39, 0.29) is 46.3 Å². The normalized spacial score (nSPS) is 13.0. The van der Waals surface area contributed by atoms with Gasteiger partial charge in [0.05, 0.1) is 39.9 Å². The van der Waals surface area contributed by atoms with Crippen molar-refractivity contribution in [2.75, 3.05) is 31.7 Å². The number of carbonyl (C=O) groups is 3. The molecule has 1 heterocycles. The number of non-ortho nitro benzene ring substituents is 1. The zero-order chi connectivity index (χ0) is 29.5. The standard InChI is InChI=1S/C29H27Cl2N3O7/c1-40-29(37)24(32-28(36)27-22(30)15-19(16-23(27)31)18-5-3-2-4-6-18)9-8-21(35)11-12-33-13-14-41-26-10-7-20(34(38)39)17-25(26)33/h2-7,10,15-17,24H,8-9,11-14H2,1H3,(H,32,36)/t24-/m0/s1. The molecule has 0 bridgehead atoms. The van der Waals surface area contributed by atoms with E-state index in [9.17, 15) is 24.5 Å². The number of rotatable bonds is 11. The van der Waals surface area contributed by atoms with Crippen LogP contribution in [0.5, 0.6) is 5.75 Å². The van der Waals surface area contributed by atoms with Crippen molar-refractivity contribution in [3.8, 4) is 16.9 Å². The first kappa shape index (κ1) is 29.8. The van der Waals surface area contributed by atoms with Gasteiger partial charge < -0.3 is 19.7 Å². The summed E-state index contributed by atoms with van der Waals surface area (Å²) in [5.74, 6) is -1.03. The molecular formula is C29H27Cl2N3O7. The Kier molecular flexibility index (Phi) is 9.80. The molecule has 0 saturated heterocycles. The summed E-state index contributed by atoms with van der Waals surface area (Å²) in [7, 11) is 1.19. The number of esters is 1. The number of nitro benzene ring substituents is 1. The van der Waals surface area contributed by atoms with E-state index in [4.69, 9.17) is 32.7 Å². The highest BCUT2D eigenvalue weighted by Gasteiger charge is 2.27. The second-order valence-electron chi connectivity index (χ2n) is 9.30. The molecule has 1 aliphatic rings. The Hall–Kier alpha value is -4.15. The van der Waals surface area contributed by atoms with E-state index in [1.807, 2.05) is 35.2 Å². The molecule has 0 unspecified atom stereocenters. The molecule has 1 atom stereocenters. The van der Waals surface area contributed by atoms with Gasteiger partial charge in [0.25, 0.3) is 11.6 Å². The van der Waals surface area contributed by atoms with Crippen LogP contribution in [0.15, 0.2) is 60.7 Å². The van der Waals surface area contributed by atoms with E-state index in [1.54, 1.807) is 18.2 Å². The fraction of sp³-hybridized carbons (Fsp3) is 0.276. The number of ether oxygens (including phenoxy) is 2. The Morgan fingerprint density at radius 1 is 1.05 bits per heavy atom. The highest BCUT2D eigenvalue weighted by Crippen LogP contribution is 2.35. The lowest BCUT2D eigenvalue weighted by atomic mass is 10.0. The first-order valence-corrected chi connectivity index (χ1v) is 13.5. The molecule has 1 amide bonds. The van der Waals surface area contributed by atoms with Gasteiger partial charge >= 0.3 is 5.97 Å². The number of ketones is 1. The summed E-state index contributed by atoms with van der Waals surface area (Å²) in [5.41, 5.74) is 2.08. The van der Waals surface area contributed by atoms with Crippen molar-refractivity contribution in [2.45, 2.75) is 25.3 Å². The minimum atomic E-state index is -1.11. The van der Waals surface area contributed by atoms with Gasteiger partial charge in [-0.1, -0.05) is 53.5 Å². The molecule has 3 aromatic carbocycles. The molecule has 4 rings (SSSR count). The van der Waals surface area contributed by atoms with Crippen molar-refractivity contribution in [1.29, 1.82) is 0 Å². The summed E-state index contributed by atoms with van der Waals surface area (Å²) in [6.07, 6.45) is 0.114. The molecular weight excluding hydrogens is 573 g/mol. The third-order valence-electron chi connectivity index (χ3n) is 6.65. The average molecular weight is 600 g/mol. The molecule has 0 aliphatic carbocycles. The summed E-state index contributed by atoms with van der Waals surface area (Å²) < 4.78 is 10.4. The molecule has 1 aliphatic heterocycles. The Morgan fingerprint density at radius 3 is 2.41 bits per heavy atom. The minimum absolute atomic E-state index is 0.000244. The Labute approximate surface area is 246 Å². The van der Waals surface area contributed by atoms with Crippen molar-refractivity contribution in [3.05, 3.63) is 86.4 Å². The van der Waals surface area contributed by atoms with E-state index in [0.29, 0.717) is 31.1 Å². The van der Waals surface area contributed by atoms with Crippen LogP contribution in [-0.2, 0) is 14.3 Å². The van der Waals surface area contributed by atoms with Gasteiger partial charge in [-0.25, -0.2) is 4.79 Å². The molecule has 10 nitrogen and oxygen atoms in total. The number of Topliss-reactive ketones (excluding diaryl/α,β-unsaturated/α-hetero) is 1. The molecule has 3 aromatic rings. The highest BCUT2D eigenvalue weighted by atomic mass is 35.5. The number of halogens is 2. The van der Waals surface area contributed by atoms with Crippen LogP contribution in [0.25, 0.3) is 11.1 Å². The molecule has 12 heteroatoms. The van der Waals surface area contributed by atoms with E-state index in [0.717, 1.165) is 11.1 Å². The van der Waals surface area contributed by atoms with Crippen LogP contribution in [0.4, 0.5) is 11.4 Å². The molecule has 0 spiro atoms. The lowest BCUT2D eigenvalue weighted by Gasteiger charge is -2.30. The highest BCUT2D eigenvalue weighted by molar-refractivity contribution is 6.40. The number of amides is 1. The zero-order valence-corrected chi connectivity index (χ0v) is 23.6. The smallest absolute Gasteiger partial charge is 0.328 e. The average Bonchev–Trinajstić information content (AvgIpc) is 2.97. The maximum Gasteiger partial charge on any atom is 0.328 e. The lowest BCUT2D eigenvalue weighted by molar-refractivity contribution is -0.384. The fourth-order valence-electron chi connectivity index (χ4n) is 4.51. The van der Waals surface area contributed by atoms with Gasteiger partial charge in [0.2, 0.25) is 0 Å². The molecule has 0 radical (unpaired) electrons. The summed E-state index contributed by atoms with van der Waals surface area (Å²) >= 11 is 12.8. The summed E-state index contributed by atoms with van der Waals surface area (Å²) in [4.78, 5) is 50.8. The van der Waals surface area contributed by atoms with Crippen LogP contribution in [-0.4, -0.2) is 55.4 Å². The van der Waals surface area contributed by atoms with Gasteiger partial charge in [-0.05, 0) is 35.7 Å². The van der Waals surface area contributed by atoms with Gasteiger partial charge in [-0.3, -0.25) is 19.7 Å². The predicted molar refractivity (Wildman–Crippen MR) is 155 cm³/mol. The molecule has 0 aromatic heterocycles.